The van der Waals surface area contributed by atoms with E-state index < -0.39 is 20.9 Å². The maximum atomic E-state index is 16.0. The molecule has 2 aromatic heterocycles. The summed E-state index contributed by atoms with van der Waals surface area (Å²) in [6.07, 6.45) is 4.80. The van der Waals surface area contributed by atoms with Gasteiger partial charge in [-0.1, -0.05) is 48.0 Å². The van der Waals surface area contributed by atoms with Crippen LogP contribution in [0.25, 0.3) is 32.9 Å². The zero-order chi connectivity index (χ0) is 35.9. The molecule has 3 aliphatic rings. The number of amides is 1. The second-order valence-electron chi connectivity index (χ2n) is 13.1. The van der Waals surface area contributed by atoms with E-state index in [1.165, 1.54) is 19.2 Å². The van der Waals surface area contributed by atoms with Crippen LogP contribution in [-0.2, 0) is 10.2 Å². The molecule has 8 rings (SSSR count). The number of nitrogens with one attached hydrogen (secondary N) is 2. The van der Waals surface area contributed by atoms with Gasteiger partial charge in [-0.15, -0.1) is 3.89 Å². The first-order chi connectivity index (χ1) is 24.5. The van der Waals surface area contributed by atoms with Crippen LogP contribution in [0.1, 0.15) is 29.6 Å². The number of fused-ring (bicyclic) bond motifs is 4. The lowest BCUT2D eigenvalue weighted by molar-refractivity contribution is 0.0938. The number of benzene rings is 3. The maximum absolute atomic E-state index is 16.0. The van der Waals surface area contributed by atoms with E-state index in [0.29, 0.717) is 33.9 Å². The zero-order valence-corrected chi connectivity index (χ0v) is 29.5. The zero-order valence-electron chi connectivity index (χ0n) is 27.9. The summed E-state index contributed by atoms with van der Waals surface area (Å²) in [4.78, 5) is 29.2. The fraction of sp³-hybridized carbons (Fsp3) is 0.333. The fourth-order valence-electron chi connectivity index (χ4n) is 7.11. The number of carbonyl (C=O) groups excluding carboxylic acids is 1. The Morgan fingerprint density at radius 1 is 1.02 bits per heavy atom. The third kappa shape index (κ3) is 7.31. The molecule has 0 saturated carbocycles. The van der Waals surface area contributed by atoms with Crippen molar-refractivity contribution in [3.63, 3.8) is 0 Å². The van der Waals surface area contributed by atoms with Crippen molar-refractivity contribution >= 4 is 55.2 Å². The minimum Gasteiger partial charge on any atom is -0.467 e. The molecule has 266 valence electrons. The molecule has 3 saturated heterocycles. The standard InChI is InChI=1S/C24H21ClFN5O.C12H15FN2O3S/c1-32-24-29-22-17(23(30-24)31-11-14-8-9-15(12-31)28-14)10-27-21(20(22)26)16-6-2-4-13-5-3-7-18(25)19(13)16;1-15-6-5-10(8-15)14-12(16)9-3-2-4-11(7-9)19(13,17)18/h2-7,10,14-15,28H,8-9,11-12H2,1H3;2-4,7,10H,5-6,8H2,1H3,(H,14,16). The van der Waals surface area contributed by atoms with Gasteiger partial charge in [0.1, 0.15) is 17.0 Å². The van der Waals surface area contributed by atoms with Crippen molar-refractivity contribution in [3.05, 3.63) is 83.3 Å². The maximum Gasteiger partial charge on any atom is 0.332 e. The van der Waals surface area contributed by atoms with Crippen LogP contribution in [0, 0.1) is 5.82 Å². The minimum absolute atomic E-state index is 0.0446. The molecule has 3 aromatic carbocycles. The molecule has 11 nitrogen and oxygen atoms in total. The summed E-state index contributed by atoms with van der Waals surface area (Å²) < 4.78 is 55.7. The normalized spacial score (nSPS) is 20.3. The first-order valence-corrected chi connectivity index (χ1v) is 18.4. The Hall–Kier alpha value is -4.50. The first kappa shape index (κ1) is 34.9. The molecule has 2 N–H and O–H groups in total. The lowest BCUT2D eigenvalue weighted by Gasteiger charge is -2.34. The minimum atomic E-state index is -4.78. The van der Waals surface area contributed by atoms with E-state index in [0.717, 1.165) is 68.3 Å². The fourth-order valence-corrected chi connectivity index (χ4v) is 7.91. The Labute approximate surface area is 299 Å². The van der Waals surface area contributed by atoms with Crippen molar-refractivity contribution in [2.24, 2.45) is 0 Å². The highest BCUT2D eigenvalue weighted by Crippen LogP contribution is 2.38. The number of rotatable bonds is 6. The van der Waals surface area contributed by atoms with E-state index in [4.69, 9.17) is 16.3 Å². The Kier molecular flexibility index (Phi) is 9.76. The SMILES string of the molecule is CN1CCC(NC(=O)c2cccc(S(=O)(=O)F)c2)C1.COc1nc(N2CC3CCC(C2)N3)c2cnc(-c3cccc4cccc(Cl)c34)c(F)c2n1. The summed E-state index contributed by atoms with van der Waals surface area (Å²) in [5.41, 5.74) is 1.19. The van der Waals surface area contributed by atoms with E-state index in [9.17, 15) is 17.1 Å². The molecular formula is C36H36ClF2N7O4S. The van der Waals surface area contributed by atoms with Crippen LogP contribution >= 0.6 is 11.6 Å². The van der Waals surface area contributed by atoms with Crippen LogP contribution in [0.3, 0.4) is 0 Å². The number of ether oxygens (including phenoxy) is 1. The van der Waals surface area contributed by atoms with Crippen molar-refractivity contribution in [2.45, 2.75) is 42.3 Å². The predicted molar refractivity (Wildman–Crippen MR) is 192 cm³/mol. The summed E-state index contributed by atoms with van der Waals surface area (Å²) in [7, 11) is -1.33. The molecule has 3 atom stereocenters. The van der Waals surface area contributed by atoms with Crippen molar-refractivity contribution in [1.82, 2.24) is 30.5 Å². The number of likely N-dealkylation sites (N-methyl/N-ethyl adjacent to an activating group) is 1. The number of likely N-dealkylation sites (tertiary alicyclic amines) is 1. The lowest BCUT2D eigenvalue weighted by Crippen LogP contribution is -2.51. The molecule has 5 heterocycles. The Bertz CT molecular complexity index is 2230. The van der Waals surface area contributed by atoms with E-state index in [2.05, 4.69) is 35.4 Å². The molecule has 1 amide bonds. The van der Waals surface area contributed by atoms with Crippen molar-refractivity contribution in [3.8, 4) is 17.3 Å². The molecular weight excluding hydrogens is 700 g/mol. The van der Waals surface area contributed by atoms with Crippen LogP contribution in [0.4, 0.5) is 14.1 Å². The van der Waals surface area contributed by atoms with Crippen molar-refractivity contribution < 1.29 is 26.2 Å². The third-order valence-corrected chi connectivity index (χ3v) is 10.7. The van der Waals surface area contributed by atoms with Gasteiger partial charge in [0.2, 0.25) is 0 Å². The van der Waals surface area contributed by atoms with Gasteiger partial charge in [-0.25, -0.2) is 4.39 Å². The van der Waals surface area contributed by atoms with E-state index in [1.54, 1.807) is 12.3 Å². The Balaban J connectivity index is 0.000000183. The molecule has 51 heavy (non-hydrogen) atoms. The third-order valence-electron chi connectivity index (χ3n) is 9.56. The molecule has 3 unspecified atom stereocenters. The monoisotopic (exact) mass is 735 g/mol. The number of hydrogen-bond donors (Lipinski definition) is 2. The number of carbonyl (C=O) groups is 1. The first-order valence-electron chi connectivity index (χ1n) is 16.6. The molecule has 0 spiro atoms. The average Bonchev–Trinajstić information content (AvgIpc) is 3.70. The van der Waals surface area contributed by atoms with Crippen LogP contribution in [0.5, 0.6) is 6.01 Å². The van der Waals surface area contributed by atoms with Gasteiger partial charge in [-0.2, -0.15) is 18.4 Å². The number of methoxy groups -OCH3 is 1. The lowest BCUT2D eigenvalue weighted by atomic mass is 10.0. The topological polar surface area (TPSA) is 130 Å². The molecule has 0 radical (unpaired) electrons. The van der Waals surface area contributed by atoms with Gasteiger partial charge in [0.05, 0.1) is 17.4 Å². The van der Waals surface area contributed by atoms with E-state index in [-0.39, 0.29) is 34.7 Å². The number of aromatic nitrogens is 3. The van der Waals surface area contributed by atoms with Crippen LogP contribution in [-0.4, -0.2) is 92.6 Å². The van der Waals surface area contributed by atoms with Gasteiger partial charge >= 0.3 is 16.2 Å². The largest absolute Gasteiger partial charge is 0.467 e. The number of hydrogen-bond acceptors (Lipinski definition) is 10. The number of pyridine rings is 1. The van der Waals surface area contributed by atoms with Crippen molar-refractivity contribution in [1.29, 1.82) is 0 Å². The molecule has 3 aliphatic heterocycles. The number of piperazine rings is 1. The summed E-state index contributed by atoms with van der Waals surface area (Å²) >= 11 is 6.48. The van der Waals surface area contributed by atoms with Crippen molar-refractivity contribution in [2.75, 3.05) is 45.2 Å². The van der Waals surface area contributed by atoms with Gasteiger partial charge in [-0.05, 0) is 62.5 Å². The van der Waals surface area contributed by atoms with E-state index in [1.807, 2.05) is 37.4 Å². The van der Waals surface area contributed by atoms with Gasteiger partial charge in [0.25, 0.3) is 5.91 Å². The van der Waals surface area contributed by atoms with Gasteiger partial charge in [0.15, 0.2) is 5.82 Å². The molecule has 2 bridgehead atoms. The quantitative estimate of drug-likeness (QED) is 0.220. The van der Waals surface area contributed by atoms with Crippen LogP contribution in [0.2, 0.25) is 5.02 Å². The number of anilines is 1. The second-order valence-corrected chi connectivity index (χ2v) is 14.8. The molecule has 5 aromatic rings. The Morgan fingerprint density at radius 2 is 1.75 bits per heavy atom. The van der Waals surface area contributed by atoms with Gasteiger partial charge in [-0.3, -0.25) is 9.78 Å². The highest BCUT2D eigenvalue weighted by Gasteiger charge is 2.34. The summed E-state index contributed by atoms with van der Waals surface area (Å²) in [5.74, 6) is -0.222. The Morgan fingerprint density at radius 3 is 2.43 bits per heavy atom. The highest BCUT2D eigenvalue weighted by molar-refractivity contribution is 7.86. The highest BCUT2D eigenvalue weighted by atomic mass is 35.5. The molecule has 0 aliphatic carbocycles. The summed E-state index contributed by atoms with van der Waals surface area (Å²) in [6, 6.07) is 17.3. The molecule has 3 fully saturated rings. The van der Waals surface area contributed by atoms with Crippen LogP contribution < -0.4 is 20.3 Å². The summed E-state index contributed by atoms with van der Waals surface area (Å²) in [5, 5.41) is 9.24. The predicted octanol–water partition coefficient (Wildman–Crippen LogP) is 5.37. The number of nitrogens with zero attached hydrogens (tertiary/aromatic N) is 5. The summed E-state index contributed by atoms with van der Waals surface area (Å²) in [6.45, 7) is 3.29. The van der Waals surface area contributed by atoms with E-state index >= 15 is 4.39 Å². The average molecular weight is 736 g/mol. The number of halogens is 3. The van der Waals surface area contributed by atoms with Gasteiger partial charge in [0, 0.05) is 65.5 Å². The molecule has 15 heteroatoms. The smallest absolute Gasteiger partial charge is 0.332 e. The second kappa shape index (κ2) is 14.3. The van der Waals surface area contributed by atoms with Gasteiger partial charge < -0.3 is 25.2 Å². The van der Waals surface area contributed by atoms with Crippen LogP contribution in [0.15, 0.2) is 71.8 Å².